The fraction of sp³-hybridized carbons (Fsp3) is 0.654. The molecule has 0 fully saturated rings. The second-order valence-corrected chi connectivity index (χ2v) is 10.4. The first kappa shape index (κ1) is 24.3. The fourth-order valence-corrected chi connectivity index (χ4v) is 6.08. The molecule has 0 amide bonds. The molecule has 0 N–H and O–H groups in total. The summed E-state index contributed by atoms with van der Waals surface area (Å²) in [4.78, 5) is 15.5. The quantitative estimate of drug-likeness (QED) is 0.191. The molecule has 2 heterocycles. The standard InChI is InChI=1S/C26H40OS2/c1-4-5-6-7-8-9-10-11-12-13-14-15-16-23(25-21(2)17-19-28-25)24(27)26-22(3)18-20-29-26/h17-20,23H,4-16H2,1-3H3. The summed E-state index contributed by atoms with van der Waals surface area (Å²) >= 11 is 3.36. The normalized spacial score (nSPS) is 12.4. The number of carbonyl (C=O) groups is 1. The molecule has 0 aliphatic heterocycles. The Kier molecular flexibility index (Phi) is 11.9. The highest BCUT2D eigenvalue weighted by Gasteiger charge is 2.26. The number of aryl methyl sites for hydroxylation is 2. The summed E-state index contributed by atoms with van der Waals surface area (Å²) in [6, 6.07) is 4.23. The lowest BCUT2D eigenvalue weighted by Gasteiger charge is -2.15. The lowest BCUT2D eigenvalue weighted by atomic mass is 9.91. The summed E-state index contributed by atoms with van der Waals surface area (Å²) in [5.74, 6) is 0.390. The zero-order valence-corrected chi connectivity index (χ0v) is 20.4. The van der Waals surface area contributed by atoms with Crippen molar-refractivity contribution in [3.63, 3.8) is 0 Å². The van der Waals surface area contributed by atoms with Crippen LogP contribution < -0.4 is 0 Å². The first-order chi connectivity index (χ1) is 14.1. The van der Waals surface area contributed by atoms with E-state index in [1.807, 2.05) is 5.38 Å². The first-order valence-electron chi connectivity index (χ1n) is 11.8. The Morgan fingerprint density at radius 1 is 0.759 bits per heavy atom. The van der Waals surface area contributed by atoms with Gasteiger partial charge < -0.3 is 0 Å². The van der Waals surface area contributed by atoms with E-state index in [1.54, 1.807) is 22.7 Å². The van der Waals surface area contributed by atoms with Gasteiger partial charge in [0, 0.05) is 4.88 Å². The highest BCUT2D eigenvalue weighted by molar-refractivity contribution is 7.12. The molecule has 1 nitrogen and oxygen atoms in total. The molecule has 0 radical (unpaired) electrons. The molecule has 0 spiro atoms. The number of thiophene rings is 2. The van der Waals surface area contributed by atoms with E-state index < -0.39 is 0 Å². The molecule has 2 rings (SSSR count). The van der Waals surface area contributed by atoms with Crippen LogP contribution in [0.4, 0.5) is 0 Å². The minimum absolute atomic E-state index is 0.0514. The van der Waals surface area contributed by atoms with E-state index in [2.05, 4.69) is 38.3 Å². The third kappa shape index (κ3) is 8.38. The van der Waals surface area contributed by atoms with Crippen molar-refractivity contribution in [1.82, 2.24) is 0 Å². The minimum atomic E-state index is 0.0514. The van der Waals surface area contributed by atoms with Gasteiger partial charge in [-0.05, 0) is 54.3 Å². The van der Waals surface area contributed by atoms with Gasteiger partial charge in [-0.15, -0.1) is 22.7 Å². The van der Waals surface area contributed by atoms with Gasteiger partial charge in [-0.25, -0.2) is 0 Å². The Bertz CT molecular complexity index is 697. The minimum Gasteiger partial charge on any atom is -0.293 e. The summed E-state index contributed by atoms with van der Waals surface area (Å²) in [6.07, 6.45) is 17.3. The Hall–Kier alpha value is -0.930. The predicted molar refractivity (Wildman–Crippen MR) is 131 cm³/mol. The number of hydrogen-bond acceptors (Lipinski definition) is 3. The average molecular weight is 433 g/mol. The molecule has 162 valence electrons. The van der Waals surface area contributed by atoms with Crippen LogP contribution in [-0.4, -0.2) is 5.78 Å². The molecule has 2 aromatic rings. The van der Waals surface area contributed by atoms with Gasteiger partial charge in [0.25, 0.3) is 0 Å². The molecule has 3 heteroatoms. The molecule has 0 aliphatic carbocycles. The fourth-order valence-electron chi connectivity index (χ4n) is 4.10. The van der Waals surface area contributed by atoms with Gasteiger partial charge in [0.15, 0.2) is 5.78 Å². The van der Waals surface area contributed by atoms with Crippen molar-refractivity contribution in [3.05, 3.63) is 43.8 Å². The number of rotatable bonds is 16. The summed E-state index contributed by atoms with van der Waals surface area (Å²) < 4.78 is 0. The van der Waals surface area contributed by atoms with Crippen molar-refractivity contribution in [1.29, 1.82) is 0 Å². The van der Waals surface area contributed by atoms with Crippen molar-refractivity contribution in [2.24, 2.45) is 0 Å². The topological polar surface area (TPSA) is 17.1 Å². The second-order valence-electron chi connectivity index (χ2n) is 8.50. The highest BCUT2D eigenvalue weighted by Crippen LogP contribution is 2.35. The largest absolute Gasteiger partial charge is 0.293 e. The average Bonchev–Trinajstić information content (AvgIpc) is 3.33. The zero-order valence-electron chi connectivity index (χ0n) is 18.8. The van der Waals surface area contributed by atoms with Crippen molar-refractivity contribution in [2.45, 2.75) is 110 Å². The summed E-state index contributed by atoms with van der Waals surface area (Å²) in [6.45, 7) is 6.49. The molecule has 0 aromatic carbocycles. The maximum absolute atomic E-state index is 13.2. The lowest BCUT2D eigenvalue weighted by Crippen LogP contribution is -2.12. The van der Waals surface area contributed by atoms with Gasteiger partial charge in [0.2, 0.25) is 0 Å². The summed E-state index contributed by atoms with van der Waals surface area (Å²) in [5, 5.41) is 4.18. The predicted octanol–water partition coefficient (Wildman–Crippen LogP) is 9.48. The molecule has 1 atom stereocenters. The third-order valence-corrected chi connectivity index (χ3v) is 8.13. The van der Waals surface area contributed by atoms with Crippen LogP contribution in [0.15, 0.2) is 22.9 Å². The number of ketones is 1. The number of Topliss-reactive ketones (excluding diaryl/α,β-unsaturated/α-hetero) is 1. The van der Waals surface area contributed by atoms with Gasteiger partial charge in [0.05, 0.1) is 10.8 Å². The smallest absolute Gasteiger partial charge is 0.181 e. The molecular weight excluding hydrogens is 392 g/mol. The molecule has 2 aromatic heterocycles. The molecule has 0 saturated carbocycles. The van der Waals surface area contributed by atoms with Gasteiger partial charge in [-0.2, -0.15) is 0 Å². The van der Waals surface area contributed by atoms with Gasteiger partial charge >= 0.3 is 0 Å². The van der Waals surface area contributed by atoms with Crippen LogP contribution >= 0.6 is 22.7 Å². The van der Waals surface area contributed by atoms with Crippen LogP contribution in [-0.2, 0) is 0 Å². The highest BCUT2D eigenvalue weighted by atomic mass is 32.1. The van der Waals surface area contributed by atoms with Crippen LogP contribution in [0.3, 0.4) is 0 Å². The van der Waals surface area contributed by atoms with E-state index in [-0.39, 0.29) is 5.92 Å². The molecular formula is C26H40OS2. The maximum Gasteiger partial charge on any atom is 0.181 e. The lowest BCUT2D eigenvalue weighted by molar-refractivity contribution is 0.0958. The van der Waals surface area contributed by atoms with Crippen LogP contribution in [0.5, 0.6) is 0 Å². The Balaban J connectivity index is 1.68. The van der Waals surface area contributed by atoms with Crippen LogP contribution in [0.25, 0.3) is 0 Å². The molecule has 0 saturated heterocycles. The zero-order chi connectivity index (χ0) is 20.9. The van der Waals surface area contributed by atoms with E-state index in [1.165, 1.54) is 81.1 Å². The van der Waals surface area contributed by atoms with Gasteiger partial charge in [0.1, 0.15) is 0 Å². The van der Waals surface area contributed by atoms with E-state index in [0.29, 0.717) is 5.78 Å². The van der Waals surface area contributed by atoms with Crippen LogP contribution in [0.1, 0.15) is 122 Å². The monoisotopic (exact) mass is 432 g/mol. The molecule has 1 unspecified atom stereocenters. The van der Waals surface area contributed by atoms with Gasteiger partial charge in [-0.3, -0.25) is 4.79 Å². The van der Waals surface area contributed by atoms with Gasteiger partial charge in [-0.1, -0.05) is 84.0 Å². The van der Waals surface area contributed by atoms with Crippen LogP contribution in [0, 0.1) is 13.8 Å². The summed E-state index contributed by atoms with van der Waals surface area (Å²) in [5.41, 5.74) is 2.41. The summed E-state index contributed by atoms with van der Waals surface area (Å²) in [7, 11) is 0. The van der Waals surface area contributed by atoms with E-state index in [4.69, 9.17) is 0 Å². The Morgan fingerprint density at radius 3 is 1.76 bits per heavy atom. The number of carbonyl (C=O) groups excluding carboxylic acids is 1. The van der Waals surface area contributed by atoms with E-state index in [9.17, 15) is 4.79 Å². The first-order valence-corrected chi connectivity index (χ1v) is 13.5. The Labute approximate surface area is 186 Å². The van der Waals surface area contributed by atoms with E-state index in [0.717, 1.165) is 23.3 Å². The van der Waals surface area contributed by atoms with Crippen molar-refractivity contribution < 1.29 is 4.79 Å². The van der Waals surface area contributed by atoms with E-state index >= 15 is 0 Å². The number of unbranched alkanes of at least 4 members (excludes halogenated alkanes) is 11. The molecule has 0 bridgehead atoms. The molecule has 29 heavy (non-hydrogen) atoms. The maximum atomic E-state index is 13.2. The van der Waals surface area contributed by atoms with Crippen LogP contribution in [0.2, 0.25) is 0 Å². The third-order valence-electron chi connectivity index (χ3n) is 5.97. The Morgan fingerprint density at radius 2 is 1.28 bits per heavy atom. The van der Waals surface area contributed by atoms with Crippen molar-refractivity contribution in [3.8, 4) is 0 Å². The van der Waals surface area contributed by atoms with Crippen molar-refractivity contribution >= 4 is 28.5 Å². The second kappa shape index (κ2) is 14.1. The van der Waals surface area contributed by atoms with Crippen molar-refractivity contribution in [2.75, 3.05) is 0 Å². The molecule has 0 aliphatic rings. The number of hydrogen-bond donors (Lipinski definition) is 0. The SMILES string of the molecule is CCCCCCCCCCCCCCC(C(=O)c1sccc1C)c1sccc1C.